The topological polar surface area (TPSA) is 96.8 Å². The van der Waals surface area contributed by atoms with E-state index in [-0.39, 0.29) is 35.0 Å². The van der Waals surface area contributed by atoms with E-state index in [0.29, 0.717) is 12.2 Å². The average molecular weight is 344 g/mol. The van der Waals surface area contributed by atoms with Crippen molar-refractivity contribution in [2.75, 3.05) is 6.54 Å². The molecule has 2 aromatic heterocycles. The van der Waals surface area contributed by atoms with Gasteiger partial charge in [0.15, 0.2) is 5.65 Å². The van der Waals surface area contributed by atoms with Gasteiger partial charge in [0.05, 0.1) is 10.9 Å². The monoisotopic (exact) mass is 344 g/mol. The molecule has 0 bridgehead atoms. The molecule has 2 heterocycles. The van der Waals surface area contributed by atoms with Gasteiger partial charge in [0, 0.05) is 18.8 Å². The molecule has 0 spiro atoms. The number of aromatic nitrogens is 3. The number of nitrogens with zero attached hydrogens (tertiary/aromatic N) is 2. The number of aromatic amines is 1. The van der Waals surface area contributed by atoms with Crippen molar-refractivity contribution >= 4 is 16.9 Å². The van der Waals surface area contributed by atoms with Crippen LogP contribution < -0.4 is 16.6 Å². The maximum Gasteiger partial charge on any atom is 0.330 e. The van der Waals surface area contributed by atoms with Crippen LogP contribution in [0, 0.1) is 5.92 Å². The van der Waals surface area contributed by atoms with Gasteiger partial charge in [-0.3, -0.25) is 19.1 Å². The van der Waals surface area contributed by atoms with Crippen LogP contribution in [0.5, 0.6) is 0 Å². The zero-order valence-corrected chi connectivity index (χ0v) is 15.0. The van der Waals surface area contributed by atoms with Crippen LogP contribution in [0.25, 0.3) is 11.0 Å². The number of carbonyl (C=O) groups is 1. The highest BCUT2D eigenvalue weighted by molar-refractivity contribution is 6.05. The molecule has 2 aromatic rings. The standard InChI is InChI=1S/C18H24N4O3/c1-6-7-19-16(23)12-8-13(11(4)5)20-15-14(12)17(24)21-18(25)22(15)9-10(2)3/h6,8,10-11H,1,7,9H2,2-5H3,(H,19,23)(H,21,24,25). The van der Waals surface area contributed by atoms with Gasteiger partial charge in [-0.1, -0.05) is 33.8 Å². The summed E-state index contributed by atoms with van der Waals surface area (Å²) in [6, 6.07) is 1.62. The lowest BCUT2D eigenvalue weighted by Crippen LogP contribution is -2.34. The van der Waals surface area contributed by atoms with Crippen LogP contribution in [0.2, 0.25) is 0 Å². The Morgan fingerprint density at radius 3 is 2.60 bits per heavy atom. The first kappa shape index (κ1) is 18.6. The van der Waals surface area contributed by atoms with Crippen molar-refractivity contribution in [1.82, 2.24) is 19.9 Å². The Bertz CT molecular complexity index is 922. The van der Waals surface area contributed by atoms with Crippen LogP contribution in [0.4, 0.5) is 0 Å². The molecule has 0 aliphatic heterocycles. The SMILES string of the molecule is C=CCNC(=O)c1cc(C(C)C)nc2c1c(=O)[nH]c(=O)n2CC(C)C. The molecule has 0 fully saturated rings. The van der Waals surface area contributed by atoms with Crippen LogP contribution in [0.1, 0.15) is 49.7 Å². The van der Waals surface area contributed by atoms with E-state index >= 15 is 0 Å². The van der Waals surface area contributed by atoms with Crippen molar-refractivity contribution in [2.24, 2.45) is 5.92 Å². The van der Waals surface area contributed by atoms with Gasteiger partial charge < -0.3 is 5.32 Å². The first-order valence-electron chi connectivity index (χ1n) is 8.33. The summed E-state index contributed by atoms with van der Waals surface area (Å²) in [5.74, 6) is -0.180. The maximum absolute atomic E-state index is 12.5. The van der Waals surface area contributed by atoms with E-state index in [9.17, 15) is 14.4 Å². The minimum atomic E-state index is -0.605. The quantitative estimate of drug-likeness (QED) is 0.781. The van der Waals surface area contributed by atoms with Gasteiger partial charge in [0.2, 0.25) is 0 Å². The molecule has 0 radical (unpaired) electrons. The average Bonchev–Trinajstić information content (AvgIpc) is 2.54. The lowest BCUT2D eigenvalue weighted by molar-refractivity contribution is 0.0959. The van der Waals surface area contributed by atoms with E-state index < -0.39 is 17.2 Å². The van der Waals surface area contributed by atoms with E-state index in [1.165, 1.54) is 4.57 Å². The van der Waals surface area contributed by atoms with Crippen molar-refractivity contribution in [3.05, 3.63) is 50.8 Å². The number of hydrogen-bond acceptors (Lipinski definition) is 4. The fourth-order valence-corrected chi connectivity index (χ4v) is 2.56. The van der Waals surface area contributed by atoms with Gasteiger partial charge in [-0.25, -0.2) is 9.78 Å². The van der Waals surface area contributed by atoms with Crippen LogP contribution in [-0.4, -0.2) is 27.0 Å². The van der Waals surface area contributed by atoms with Gasteiger partial charge in [0.1, 0.15) is 0 Å². The fraction of sp³-hybridized carbons (Fsp3) is 0.444. The summed E-state index contributed by atoms with van der Waals surface area (Å²) in [5, 5.41) is 2.81. The molecule has 134 valence electrons. The van der Waals surface area contributed by atoms with Gasteiger partial charge in [-0.2, -0.15) is 0 Å². The Labute approximate surface area is 145 Å². The molecule has 1 amide bonds. The third-order valence-corrected chi connectivity index (χ3v) is 3.76. The highest BCUT2D eigenvalue weighted by atomic mass is 16.2. The summed E-state index contributed by atoms with van der Waals surface area (Å²) in [4.78, 5) is 44.0. The first-order valence-corrected chi connectivity index (χ1v) is 8.33. The Kier molecular flexibility index (Phi) is 5.56. The van der Waals surface area contributed by atoms with Gasteiger partial charge >= 0.3 is 5.69 Å². The molecule has 0 aliphatic rings. The second kappa shape index (κ2) is 7.46. The number of amides is 1. The second-order valence-electron chi connectivity index (χ2n) is 6.71. The van der Waals surface area contributed by atoms with Crippen LogP contribution in [0.3, 0.4) is 0 Å². The van der Waals surface area contributed by atoms with Crippen molar-refractivity contribution in [2.45, 2.75) is 40.2 Å². The lowest BCUT2D eigenvalue weighted by atomic mass is 10.0. The number of nitrogens with one attached hydrogen (secondary N) is 2. The van der Waals surface area contributed by atoms with Crippen LogP contribution in [0.15, 0.2) is 28.3 Å². The smallest absolute Gasteiger partial charge is 0.330 e. The van der Waals surface area contributed by atoms with Crippen molar-refractivity contribution in [3.8, 4) is 0 Å². The summed E-state index contributed by atoms with van der Waals surface area (Å²) in [7, 11) is 0. The molecule has 0 saturated heterocycles. The summed E-state index contributed by atoms with van der Waals surface area (Å²) in [6.45, 7) is 12.1. The molecular formula is C18H24N4O3. The molecule has 0 unspecified atom stereocenters. The zero-order valence-electron chi connectivity index (χ0n) is 15.0. The molecule has 7 nitrogen and oxygen atoms in total. The van der Waals surface area contributed by atoms with E-state index in [0.717, 1.165) is 0 Å². The number of carbonyl (C=O) groups excluding carboxylic acids is 1. The fourth-order valence-electron chi connectivity index (χ4n) is 2.56. The molecule has 0 saturated carbocycles. The third kappa shape index (κ3) is 3.87. The number of pyridine rings is 1. The molecular weight excluding hydrogens is 320 g/mol. The predicted molar refractivity (Wildman–Crippen MR) is 98.1 cm³/mol. The summed E-state index contributed by atoms with van der Waals surface area (Å²) >= 11 is 0. The molecule has 7 heteroatoms. The number of rotatable bonds is 6. The molecule has 25 heavy (non-hydrogen) atoms. The van der Waals surface area contributed by atoms with Gasteiger partial charge in [-0.05, 0) is 17.9 Å². The Balaban J connectivity index is 2.87. The summed E-state index contributed by atoms with van der Waals surface area (Å²) in [5.41, 5.74) is -0.00547. The molecule has 0 atom stereocenters. The predicted octanol–water partition coefficient (Wildman–Crippen LogP) is 1.78. The number of fused-ring (bicyclic) bond motifs is 1. The van der Waals surface area contributed by atoms with E-state index in [4.69, 9.17) is 0 Å². The first-order chi connectivity index (χ1) is 11.8. The van der Waals surface area contributed by atoms with Gasteiger partial charge in [-0.15, -0.1) is 6.58 Å². The van der Waals surface area contributed by atoms with Gasteiger partial charge in [0.25, 0.3) is 11.5 Å². The normalized spacial score (nSPS) is 11.3. The molecule has 0 aromatic carbocycles. The number of hydrogen-bond donors (Lipinski definition) is 2. The van der Waals surface area contributed by atoms with Crippen molar-refractivity contribution in [1.29, 1.82) is 0 Å². The number of H-pyrrole nitrogens is 1. The van der Waals surface area contributed by atoms with E-state index in [2.05, 4.69) is 21.9 Å². The van der Waals surface area contributed by atoms with E-state index in [1.54, 1.807) is 12.1 Å². The lowest BCUT2D eigenvalue weighted by Gasteiger charge is -2.15. The molecule has 2 N–H and O–H groups in total. The third-order valence-electron chi connectivity index (χ3n) is 3.76. The summed E-state index contributed by atoms with van der Waals surface area (Å²) in [6.07, 6.45) is 1.56. The minimum absolute atomic E-state index is 0.0391. The van der Waals surface area contributed by atoms with Crippen LogP contribution >= 0.6 is 0 Å². The molecule has 0 aliphatic carbocycles. The Morgan fingerprint density at radius 2 is 2.04 bits per heavy atom. The summed E-state index contributed by atoms with van der Waals surface area (Å²) < 4.78 is 1.43. The second-order valence-corrected chi connectivity index (χ2v) is 6.71. The van der Waals surface area contributed by atoms with Crippen molar-refractivity contribution < 1.29 is 4.79 Å². The Morgan fingerprint density at radius 1 is 1.36 bits per heavy atom. The molecule has 2 rings (SSSR count). The highest BCUT2D eigenvalue weighted by Crippen LogP contribution is 2.20. The van der Waals surface area contributed by atoms with Crippen LogP contribution in [-0.2, 0) is 6.54 Å². The maximum atomic E-state index is 12.5. The zero-order chi connectivity index (χ0) is 18.7. The minimum Gasteiger partial charge on any atom is -0.349 e. The highest BCUT2D eigenvalue weighted by Gasteiger charge is 2.20. The largest absolute Gasteiger partial charge is 0.349 e. The van der Waals surface area contributed by atoms with Crippen molar-refractivity contribution in [3.63, 3.8) is 0 Å². The van der Waals surface area contributed by atoms with E-state index in [1.807, 2.05) is 27.7 Å². The Hall–Kier alpha value is -2.70.